The number of hydrogen-bond donors (Lipinski definition) is 0. The molecule has 1 aromatic heterocycles. The quantitative estimate of drug-likeness (QED) is 0.518. The van der Waals surface area contributed by atoms with Crippen molar-refractivity contribution in [3.63, 3.8) is 0 Å². The van der Waals surface area contributed by atoms with Crippen LogP contribution in [-0.4, -0.2) is 11.7 Å². The third kappa shape index (κ3) is 4.94. The molecule has 1 unspecified atom stereocenters. The van der Waals surface area contributed by atoms with Gasteiger partial charge in [0.05, 0.1) is 6.67 Å². The number of aromatic nitrogens is 1. The summed E-state index contributed by atoms with van der Waals surface area (Å²) in [5.41, 5.74) is 3.21. The molecule has 140 valence electrons. The van der Waals surface area contributed by atoms with Crippen LogP contribution in [0.15, 0.2) is 41.8 Å². The molecule has 1 atom stereocenters. The summed E-state index contributed by atoms with van der Waals surface area (Å²) in [4.78, 5) is 4.48. The molecule has 3 heteroatoms. The SMILES string of the molecule is C/C=C(C)\C(=C/CC(C)CCF)OC1=c2c(C)cnc(C)c2=CC=CC1. The average Bonchev–Trinajstić information content (AvgIpc) is 2.84. The van der Waals surface area contributed by atoms with E-state index in [-0.39, 0.29) is 6.67 Å². The van der Waals surface area contributed by atoms with Gasteiger partial charge < -0.3 is 4.74 Å². The molecule has 0 amide bonds. The topological polar surface area (TPSA) is 22.1 Å². The van der Waals surface area contributed by atoms with Crippen LogP contribution in [0.3, 0.4) is 0 Å². The van der Waals surface area contributed by atoms with E-state index in [4.69, 9.17) is 4.74 Å². The van der Waals surface area contributed by atoms with Gasteiger partial charge in [0.2, 0.25) is 0 Å². The summed E-state index contributed by atoms with van der Waals surface area (Å²) in [6.45, 7) is 9.96. The monoisotopic (exact) mass is 355 g/mol. The summed E-state index contributed by atoms with van der Waals surface area (Å²) in [5, 5.41) is 2.26. The zero-order valence-electron chi connectivity index (χ0n) is 16.6. The highest BCUT2D eigenvalue weighted by Crippen LogP contribution is 2.21. The maximum Gasteiger partial charge on any atom is 0.125 e. The number of nitrogens with zero attached hydrogens (tertiary/aromatic N) is 1. The van der Waals surface area contributed by atoms with Crippen LogP contribution in [0.25, 0.3) is 11.8 Å². The van der Waals surface area contributed by atoms with Crippen LogP contribution in [0.5, 0.6) is 0 Å². The Labute approximate surface area is 156 Å². The van der Waals surface area contributed by atoms with Gasteiger partial charge in [0.1, 0.15) is 11.5 Å². The molecule has 0 spiro atoms. The molecule has 0 saturated carbocycles. The Morgan fingerprint density at radius 2 is 2.15 bits per heavy atom. The fourth-order valence-corrected chi connectivity index (χ4v) is 3.00. The molecule has 0 aromatic carbocycles. The van der Waals surface area contributed by atoms with Crippen molar-refractivity contribution in [2.45, 2.75) is 53.9 Å². The second-order valence-electron chi connectivity index (χ2n) is 7.00. The Hall–Kier alpha value is -2.16. The predicted octanol–water partition coefficient (Wildman–Crippen LogP) is 4.80. The first kappa shape index (κ1) is 20.2. The Bertz CT molecular complexity index is 846. The molecule has 2 rings (SSSR count). The zero-order chi connectivity index (χ0) is 19.1. The van der Waals surface area contributed by atoms with Gasteiger partial charge >= 0.3 is 0 Å². The zero-order valence-corrected chi connectivity index (χ0v) is 16.6. The molecule has 0 fully saturated rings. The molecule has 0 aliphatic heterocycles. The van der Waals surface area contributed by atoms with E-state index < -0.39 is 0 Å². The van der Waals surface area contributed by atoms with Crippen LogP contribution < -0.4 is 10.4 Å². The summed E-state index contributed by atoms with van der Waals surface area (Å²) in [5.74, 6) is 2.11. The van der Waals surface area contributed by atoms with Crippen molar-refractivity contribution in [1.29, 1.82) is 0 Å². The number of rotatable bonds is 7. The highest BCUT2D eigenvalue weighted by molar-refractivity contribution is 5.53. The smallest absolute Gasteiger partial charge is 0.125 e. The Kier molecular flexibility index (Phi) is 7.38. The van der Waals surface area contributed by atoms with E-state index in [1.165, 1.54) is 0 Å². The Morgan fingerprint density at radius 3 is 2.85 bits per heavy atom. The van der Waals surface area contributed by atoms with E-state index in [9.17, 15) is 4.39 Å². The molecule has 1 aromatic rings. The first-order chi connectivity index (χ1) is 12.5. The van der Waals surface area contributed by atoms with E-state index in [1.54, 1.807) is 0 Å². The highest BCUT2D eigenvalue weighted by atomic mass is 19.1. The van der Waals surface area contributed by atoms with Gasteiger partial charge in [-0.05, 0) is 63.7 Å². The normalized spacial score (nSPS) is 16.0. The van der Waals surface area contributed by atoms with Crippen LogP contribution in [0.2, 0.25) is 0 Å². The Morgan fingerprint density at radius 1 is 1.38 bits per heavy atom. The van der Waals surface area contributed by atoms with Crippen LogP contribution in [0, 0.1) is 19.8 Å². The molecular formula is C23H30FNO. The van der Waals surface area contributed by atoms with Gasteiger partial charge in [0.15, 0.2) is 0 Å². The summed E-state index contributed by atoms with van der Waals surface area (Å²) >= 11 is 0. The lowest BCUT2D eigenvalue weighted by atomic mass is 10.0. The molecule has 1 heterocycles. The molecule has 0 N–H and O–H groups in total. The molecule has 0 saturated heterocycles. The van der Waals surface area contributed by atoms with Gasteiger partial charge in [-0.2, -0.15) is 0 Å². The molecule has 1 aliphatic rings. The van der Waals surface area contributed by atoms with Crippen molar-refractivity contribution in [2.24, 2.45) is 5.92 Å². The molecule has 0 radical (unpaired) electrons. The molecule has 26 heavy (non-hydrogen) atoms. The number of pyridine rings is 1. The van der Waals surface area contributed by atoms with E-state index in [0.29, 0.717) is 12.3 Å². The van der Waals surface area contributed by atoms with Crippen LogP contribution in [-0.2, 0) is 4.74 Å². The number of halogens is 1. The number of aryl methyl sites for hydroxylation is 2. The molecule has 2 nitrogen and oxygen atoms in total. The summed E-state index contributed by atoms with van der Waals surface area (Å²) < 4.78 is 19.0. The molecular weight excluding hydrogens is 325 g/mol. The minimum absolute atomic E-state index is 0.273. The average molecular weight is 355 g/mol. The van der Waals surface area contributed by atoms with Gasteiger partial charge in [-0.1, -0.05) is 31.2 Å². The van der Waals surface area contributed by atoms with Crippen molar-refractivity contribution in [2.75, 3.05) is 6.67 Å². The number of fused-ring (bicyclic) bond motifs is 1. The number of allylic oxidation sites excluding steroid dienone is 4. The van der Waals surface area contributed by atoms with Crippen molar-refractivity contribution in [3.05, 3.63) is 63.5 Å². The standard InChI is InChI=1S/C23H30FNO/c1-6-17(3)21(12-11-16(2)13-14-24)26-22-10-8-7-9-20-19(5)25-15-18(4)23(20)22/h6-9,12,15-16H,10-11,13-14H2,1-5H3/b17-6-,21-12+. The second-order valence-corrected chi connectivity index (χ2v) is 7.00. The van der Waals surface area contributed by atoms with Gasteiger partial charge in [0.25, 0.3) is 0 Å². The third-order valence-electron chi connectivity index (χ3n) is 4.85. The number of alkyl halides is 1. The lowest BCUT2D eigenvalue weighted by Crippen LogP contribution is -2.33. The molecule has 1 aliphatic carbocycles. The number of hydrogen-bond acceptors (Lipinski definition) is 2. The van der Waals surface area contributed by atoms with Crippen molar-refractivity contribution < 1.29 is 9.13 Å². The first-order valence-electron chi connectivity index (χ1n) is 9.37. The minimum Gasteiger partial charge on any atom is -0.461 e. The van der Waals surface area contributed by atoms with Crippen molar-refractivity contribution in [1.82, 2.24) is 4.98 Å². The van der Waals surface area contributed by atoms with E-state index in [1.807, 2.05) is 20.0 Å². The highest BCUT2D eigenvalue weighted by Gasteiger charge is 2.11. The number of ether oxygens (including phenoxy) is 1. The van der Waals surface area contributed by atoms with Crippen molar-refractivity contribution >= 4 is 11.8 Å². The van der Waals surface area contributed by atoms with Gasteiger partial charge in [-0.15, -0.1) is 0 Å². The van der Waals surface area contributed by atoms with E-state index in [2.05, 4.69) is 56.1 Å². The van der Waals surface area contributed by atoms with Crippen LogP contribution >= 0.6 is 0 Å². The molecule has 0 bridgehead atoms. The van der Waals surface area contributed by atoms with Crippen LogP contribution in [0.1, 0.15) is 51.3 Å². The van der Waals surface area contributed by atoms with Gasteiger partial charge in [-0.25, -0.2) is 0 Å². The summed E-state index contributed by atoms with van der Waals surface area (Å²) in [6, 6.07) is 0. The summed E-state index contributed by atoms with van der Waals surface area (Å²) in [7, 11) is 0. The van der Waals surface area contributed by atoms with E-state index >= 15 is 0 Å². The first-order valence-corrected chi connectivity index (χ1v) is 9.37. The predicted molar refractivity (Wildman–Crippen MR) is 108 cm³/mol. The third-order valence-corrected chi connectivity index (χ3v) is 4.85. The van der Waals surface area contributed by atoms with Gasteiger partial charge in [-0.3, -0.25) is 9.37 Å². The largest absolute Gasteiger partial charge is 0.461 e. The maximum atomic E-state index is 12.6. The minimum atomic E-state index is -0.273. The summed E-state index contributed by atoms with van der Waals surface area (Å²) in [6.07, 6.45) is 14.5. The second kappa shape index (κ2) is 9.51. The van der Waals surface area contributed by atoms with Crippen molar-refractivity contribution in [3.8, 4) is 0 Å². The fourth-order valence-electron chi connectivity index (χ4n) is 3.00. The van der Waals surface area contributed by atoms with E-state index in [0.717, 1.165) is 51.6 Å². The van der Waals surface area contributed by atoms with Crippen LogP contribution in [0.4, 0.5) is 4.39 Å². The Balaban J connectivity index is 2.49. The lowest BCUT2D eigenvalue weighted by molar-refractivity contribution is 0.366. The lowest BCUT2D eigenvalue weighted by Gasteiger charge is -2.15. The fraction of sp³-hybridized carbons (Fsp3) is 0.435. The van der Waals surface area contributed by atoms with Gasteiger partial charge in [0, 0.05) is 28.7 Å². The maximum absolute atomic E-state index is 12.6.